The summed E-state index contributed by atoms with van der Waals surface area (Å²) in [7, 11) is 0. The number of benzene rings is 1. The molecule has 1 aliphatic heterocycles. The molecule has 1 aromatic rings. The minimum absolute atomic E-state index is 0.177. The van der Waals surface area contributed by atoms with Crippen molar-refractivity contribution < 1.29 is 4.79 Å². The first-order chi connectivity index (χ1) is 10.3. The number of anilines is 1. The minimum atomic E-state index is -0.177. The van der Waals surface area contributed by atoms with Crippen molar-refractivity contribution >= 4 is 58.0 Å². The number of hydrogen-bond donors (Lipinski definition) is 1. The lowest BCUT2D eigenvalue weighted by Crippen LogP contribution is -2.42. The predicted molar refractivity (Wildman–Crippen MR) is 94.5 cm³/mol. The molecule has 22 heavy (non-hydrogen) atoms. The first-order valence-electron chi connectivity index (χ1n) is 7.13. The smallest absolute Gasteiger partial charge is 0.238 e. The number of carbonyl (C=O) groups excluding carboxylic acids is 1. The van der Waals surface area contributed by atoms with Gasteiger partial charge in [0.1, 0.15) is 0 Å². The van der Waals surface area contributed by atoms with Crippen molar-refractivity contribution in [2.75, 3.05) is 25.0 Å². The molecule has 2 unspecified atom stereocenters. The minimum Gasteiger partial charge on any atom is -0.322 e. The first kappa shape index (κ1) is 18.2. The standard InChI is InChI=1S/C15H18Cl4N2O/c1-8-3-9(2)6-21(5-8)7-12(22)20-15-13(18)10(16)4-11(17)14(15)19/h4,8-9H,3,5-7H2,1-2H3,(H,20,22). The number of piperidine rings is 1. The van der Waals surface area contributed by atoms with Crippen molar-refractivity contribution in [2.45, 2.75) is 20.3 Å². The molecule has 0 saturated carbocycles. The van der Waals surface area contributed by atoms with E-state index in [0.29, 0.717) is 18.4 Å². The molecule has 0 aromatic heterocycles. The fourth-order valence-electron chi connectivity index (χ4n) is 2.99. The SMILES string of the molecule is CC1CC(C)CN(CC(=O)Nc2c(Cl)c(Cl)cc(Cl)c2Cl)C1. The van der Waals surface area contributed by atoms with E-state index in [1.54, 1.807) is 0 Å². The molecule has 1 amide bonds. The van der Waals surface area contributed by atoms with E-state index < -0.39 is 0 Å². The molecule has 2 rings (SSSR count). The van der Waals surface area contributed by atoms with E-state index in [0.717, 1.165) is 13.1 Å². The van der Waals surface area contributed by atoms with Crippen molar-refractivity contribution in [3.63, 3.8) is 0 Å². The Bertz CT molecular complexity index is 543. The number of likely N-dealkylation sites (tertiary alicyclic amines) is 1. The lowest BCUT2D eigenvalue weighted by Gasteiger charge is -2.34. The molecule has 0 spiro atoms. The summed E-state index contributed by atoms with van der Waals surface area (Å²) < 4.78 is 0. The molecule has 3 nitrogen and oxygen atoms in total. The van der Waals surface area contributed by atoms with Crippen LogP contribution in [0.1, 0.15) is 20.3 Å². The van der Waals surface area contributed by atoms with Crippen LogP contribution in [0.25, 0.3) is 0 Å². The Hall–Kier alpha value is -0.190. The molecule has 1 heterocycles. The predicted octanol–water partition coefficient (Wildman–Crippen LogP) is 5.22. The van der Waals surface area contributed by atoms with Crippen LogP contribution in [0.3, 0.4) is 0 Å². The van der Waals surface area contributed by atoms with E-state index in [2.05, 4.69) is 24.1 Å². The Morgan fingerprint density at radius 3 is 2.14 bits per heavy atom. The molecule has 1 saturated heterocycles. The average Bonchev–Trinajstić information content (AvgIpc) is 2.40. The zero-order valence-electron chi connectivity index (χ0n) is 12.4. The number of halogens is 4. The van der Waals surface area contributed by atoms with E-state index in [1.807, 2.05) is 0 Å². The van der Waals surface area contributed by atoms with E-state index in [4.69, 9.17) is 46.4 Å². The summed E-state index contributed by atoms with van der Waals surface area (Å²) in [5.41, 5.74) is 0.268. The van der Waals surface area contributed by atoms with Gasteiger partial charge in [-0.05, 0) is 24.3 Å². The van der Waals surface area contributed by atoms with Gasteiger partial charge in [0.25, 0.3) is 0 Å². The van der Waals surface area contributed by atoms with Gasteiger partial charge in [-0.2, -0.15) is 0 Å². The largest absolute Gasteiger partial charge is 0.322 e. The highest BCUT2D eigenvalue weighted by atomic mass is 35.5. The Labute approximate surface area is 150 Å². The number of carbonyl (C=O) groups is 1. The molecule has 1 N–H and O–H groups in total. The quantitative estimate of drug-likeness (QED) is 0.726. The third kappa shape index (κ3) is 4.42. The molecule has 1 aliphatic rings. The van der Waals surface area contributed by atoms with Gasteiger partial charge in [-0.3, -0.25) is 9.69 Å². The van der Waals surface area contributed by atoms with Gasteiger partial charge in [-0.25, -0.2) is 0 Å². The molecule has 1 fully saturated rings. The van der Waals surface area contributed by atoms with Gasteiger partial charge in [0.15, 0.2) is 0 Å². The Balaban J connectivity index is 2.07. The second kappa shape index (κ2) is 7.59. The van der Waals surface area contributed by atoms with E-state index in [9.17, 15) is 4.79 Å². The van der Waals surface area contributed by atoms with Crippen LogP contribution in [0.15, 0.2) is 6.07 Å². The average molecular weight is 384 g/mol. The highest BCUT2D eigenvalue weighted by molar-refractivity contribution is 6.50. The number of nitrogens with one attached hydrogen (secondary N) is 1. The molecule has 0 aliphatic carbocycles. The van der Waals surface area contributed by atoms with Crippen LogP contribution < -0.4 is 5.32 Å². The van der Waals surface area contributed by atoms with Crippen molar-refractivity contribution in [2.24, 2.45) is 11.8 Å². The fourth-order valence-corrected chi connectivity index (χ4v) is 3.89. The Morgan fingerprint density at radius 2 is 1.64 bits per heavy atom. The summed E-state index contributed by atoms with van der Waals surface area (Å²) >= 11 is 24.1. The van der Waals surface area contributed by atoms with Crippen LogP contribution in [-0.2, 0) is 4.79 Å². The topological polar surface area (TPSA) is 32.3 Å². The zero-order valence-corrected chi connectivity index (χ0v) is 15.5. The van der Waals surface area contributed by atoms with Crippen LogP contribution in [0, 0.1) is 11.8 Å². The highest BCUT2D eigenvalue weighted by Gasteiger charge is 2.24. The van der Waals surface area contributed by atoms with Crippen molar-refractivity contribution in [3.05, 3.63) is 26.2 Å². The second-order valence-corrected chi connectivity index (χ2v) is 7.60. The molecular formula is C15H18Cl4N2O. The molecule has 0 radical (unpaired) electrons. The zero-order chi connectivity index (χ0) is 16.4. The Morgan fingerprint density at radius 1 is 1.14 bits per heavy atom. The van der Waals surface area contributed by atoms with Gasteiger partial charge in [0.05, 0.1) is 32.3 Å². The summed E-state index contributed by atoms with van der Waals surface area (Å²) in [5.74, 6) is 0.997. The maximum Gasteiger partial charge on any atom is 0.238 e. The van der Waals surface area contributed by atoms with Crippen LogP contribution in [0.4, 0.5) is 5.69 Å². The number of rotatable bonds is 3. The maximum absolute atomic E-state index is 12.3. The van der Waals surface area contributed by atoms with Gasteiger partial charge in [0.2, 0.25) is 5.91 Å². The highest BCUT2D eigenvalue weighted by Crippen LogP contribution is 2.41. The third-order valence-electron chi connectivity index (χ3n) is 3.69. The third-order valence-corrected chi connectivity index (χ3v) is 5.26. The van der Waals surface area contributed by atoms with Crippen LogP contribution in [-0.4, -0.2) is 30.4 Å². The van der Waals surface area contributed by atoms with Crippen molar-refractivity contribution in [3.8, 4) is 0 Å². The van der Waals surface area contributed by atoms with Crippen molar-refractivity contribution in [1.29, 1.82) is 0 Å². The second-order valence-electron chi connectivity index (χ2n) is 6.03. The summed E-state index contributed by atoms with van der Waals surface area (Å²) in [6.07, 6.45) is 1.19. The lowest BCUT2D eigenvalue weighted by atomic mass is 9.92. The molecule has 7 heteroatoms. The van der Waals surface area contributed by atoms with Gasteiger partial charge in [-0.15, -0.1) is 0 Å². The maximum atomic E-state index is 12.3. The molecule has 0 bridgehead atoms. The molecular weight excluding hydrogens is 366 g/mol. The van der Waals surface area contributed by atoms with Gasteiger partial charge < -0.3 is 5.32 Å². The van der Waals surface area contributed by atoms with E-state index in [-0.39, 0.29) is 31.7 Å². The van der Waals surface area contributed by atoms with Gasteiger partial charge in [-0.1, -0.05) is 60.3 Å². The summed E-state index contributed by atoms with van der Waals surface area (Å²) in [5, 5.41) is 3.63. The monoisotopic (exact) mass is 382 g/mol. The van der Waals surface area contributed by atoms with Gasteiger partial charge in [0, 0.05) is 13.1 Å². The molecule has 122 valence electrons. The van der Waals surface area contributed by atoms with Gasteiger partial charge >= 0.3 is 0 Å². The molecule has 2 atom stereocenters. The van der Waals surface area contributed by atoms with Crippen LogP contribution in [0.5, 0.6) is 0 Å². The van der Waals surface area contributed by atoms with E-state index >= 15 is 0 Å². The van der Waals surface area contributed by atoms with Crippen LogP contribution >= 0.6 is 46.4 Å². The molecule has 1 aromatic carbocycles. The normalized spacial score (nSPS) is 22.6. The number of amides is 1. The first-order valence-corrected chi connectivity index (χ1v) is 8.64. The van der Waals surface area contributed by atoms with Crippen LogP contribution in [0.2, 0.25) is 20.1 Å². The number of nitrogens with zero attached hydrogens (tertiary/aromatic N) is 1. The van der Waals surface area contributed by atoms with Crippen molar-refractivity contribution in [1.82, 2.24) is 4.90 Å². The summed E-state index contributed by atoms with van der Waals surface area (Å²) in [4.78, 5) is 14.4. The summed E-state index contributed by atoms with van der Waals surface area (Å²) in [6, 6.07) is 1.46. The fraction of sp³-hybridized carbons (Fsp3) is 0.533. The Kier molecular flexibility index (Phi) is 6.26. The summed E-state index contributed by atoms with van der Waals surface area (Å²) in [6.45, 7) is 6.52. The number of hydrogen-bond acceptors (Lipinski definition) is 2. The lowest BCUT2D eigenvalue weighted by molar-refractivity contribution is -0.117. The van der Waals surface area contributed by atoms with E-state index in [1.165, 1.54) is 12.5 Å².